The van der Waals surface area contributed by atoms with E-state index in [1.54, 1.807) is 4.90 Å². The van der Waals surface area contributed by atoms with E-state index in [-0.39, 0.29) is 5.91 Å². The molecular weight excluding hydrogens is 174 g/mol. The topological polar surface area (TPSA) is 20.3 Å². The summed E-state index contributed by atoms with van der Waals surface area (Å²) in [6.07, 6.45) is 5.86. The average Bonchev–Trinajstić information content (AvgIpc) is 2.33. The number of hydrogen-bond donors (Lipinski definition) is 0. The maximum absolute atomic E-state index is 11.8. The molecular formula is C12H15NO. The normalized spacial score (nSPS) is 16.1. The fourth-order valence-electron chi connectivity index (χ4n) is 1.59. The summed E-state index contributed by atoms with van der Waals surface area (Å²) in [5.74, 6) is 2.56. The lowest BCUT2D eigenvalue weighted by molar-refractivity contribution is -0.125. The van der Waals surface area contributed by atoms with Crippen molar-refractivity contribution in [1.29, 1.82) is 0 Å². The number of carbonyl (C=O) groups excluding carboxylic acids is 1. The highest BCUT2D eigenvalue weighted by molar-refractivity contribution is 5.97. The van der Waals surface area contributed by atoms with Gasteiger partial charge in [0.15, 0.2) is 0 Å². The molecule has 1 aliphatic heterocycles. The molecule has 0 fully saturated rings. The number of amides is 1. The second kappa shape index (κ2) is 4.15. The minimum atomic E-state index is 0.0726. The van der Waals surface area contributed by atoms with Crippen LogP contribution in [0.4, 0.5) is 0 Å². The van der Waals surface area contributed by atoms with Gasteiger partial charge < -0.3 is 4.90 Å². The van der Waals surface area contributed by atoms with Crippen LogP contribution in [-0.4, -0.2) is 23.9 Å². The minimum absolute atomic E-state index is 0.0726. The van der Waals surface area contributed by atoms with Gasteiger partial charge in [0, 0.05) is 12.1 Å². The van der Waals surface area contributed by atoms with Crippen LogP contribution in [0.2, 0.25) is 0 Å². The van der Waals surface area contributed by atoms with Gasteiger partial charge >= 0.3 is 0 Å². The van der Waals surface area contributed by atoms with Gasteiger partial charge in [0.05, 0.1) is 6.54 Å². The van der Waals surface area contributed by atoms with Gasteiger partial charge in [0.1, 0.15) is 0 Å². The highest BCUT2D eigenvalue weighted by atomic mass is 16.2. The van der Waals surface area contributed by atoms with Crippen LogP contribution in [0.1, 0.15) is 20.3 Å². The van der Waals surface area contributed by atoms with Crippen molar-refractivity contribution in [3.05, 3.63) is 23.3 Å². The van der Waals surface area contributed by atoms with Gasteiger partial charge in [-0.3, -0.25) is 4.79 Å². The zero-order valence-corrected chi connectivity index (χ0v) is 8.76. The molecule has 0 atom stereocenters. The molecule has 14 heavy (non-hydrogen) atoms. The third-order valence-electron chi connectivity index (χ3n) is 2.25. The van der Waals surface area contributed by atoms with Gasteiger partial charge in [-0.1, -0.05) is 18.1 Å². The highest BCUT2D eigenvalue weighted by Gasteiger charge is 2.26. The van der Waals surface area contributed by atoms with Crippen molar-refractivity contribution in [3.8, 4) is 12.3 Å². The first-order chi connectivity index (χ1) is 6.56. The van der Waals surface area contributed by atoms with E-state index in [0.717, 1.165) is 16.7 Å². The third-order valence-corrected chi connectivity index (χ3v) is 2.25. The Morgan fingerprint density at radius 2 is 2.36 bits per heavy atom. The van der Waals surface area contributed by atoms with Crippen LogP contribution >= 0.6 is 0 Å². The monoisotopic (exact) mass is 189 g/mol. The molecule has 0 unspecified atom stereocenters. The summed E-state index contributed by atoms with van der Waals surface area (Å²) in [5, 5.41) is 0. The van der Waals surface area contributed by atoms with Crippen molar-refractivity contribution in [2.45, 2.75) is 20.3 Å². The summed E-state index contributed by atoms with van der Waals surface area (Å²) in [6.45, 7) is 8.79. The van der Waals surface area contributed by atoms with E-state index < -0.39 is 0 Å². The van der Waals surface area contributed by atoms with Crippen molar-refractivity contribution in [3.63, 3.8) is 0 Å². The lowest BCUT2D eigenvalue weighted by Gasteiger charge is -2.12. The summed E-state index contributed by atoms with van der Waals surface area (Å²) in [7, 11) is 0. The van der Waals surface area contributed by atoms with E-state index in [1.807, 2.05) is 13.8 Å². The van der Waals surface area contributed by atoms with E-state index in [1.165, 1.54) is 0 Å². The van der Waals surface area contributed by atoms with Gasteiger partial charge in [-0.05, 0) is 25.8 Å². The van der Waals surface area contributed by atoms with Crippen molar-refractivity contribution in [1.82, 2.24) is 4.90 Å². The molecule has 74 valence electrons. The molecule has 0 aliphatic carbocycles. The van der Waals surface area contributed by atoms with Crippen LogP contribution in [0, 0.1) is 12.3 Å². The van der Waals surface area contributed by atoms with E-state index in [9.17, 15) is 4.79 Å². The number of terminal acetylenes is 1. The molecule has 0 saturated heterocycles. The molecule has 0 bridgehead atoms. The molecule has 0 spiro atoms. The fourth-order valence-corrected chi connectivity index (χ4v) is 1.59. The quantitative estimate of drug-likeness (QED) is 0.489. The van der Waals surface area contributed by atoms with Crippen molar-refractivity contribution >= 4 is 5.91 Å². The Morgan fingerprint density at radius 1 is 1.71 bits per heavy atom. The zero-order valence-electron chi connectivity index (χ0n) is 8.76. The molecule has 0 saturated carbocycles. The first-order valence-electron chi connectivity index (χ1n) is 4.62. The van der Waals surface area contributed by atoms with Crippen LogP contribution in [0.3, 0.4) is 0 Å². The SMILES string of the molecule is C#CCN1CC(C)=C(CC(=C)C)C1=O. The molecule has 1 amide bonds. The number of rotatable bonds is 3. The summed E-state index contributed by atoms with van der Waals surface area (Å²) < 4.78 is 0. The summed E-state index contributed by atoms with van der Waals surface area (Å²) >= 11 is 0. The van der Waals surface area contributed by atoms with Crippen LogP contribution in [0.15, 0.2) is 23.3 Å². The molecule has 1 heterocycles. The van der Waals surface area contributed by atoms with Crippen LogP contribution in [0.25, 0.3) is 0 Å². The summed E-state index contributed by atoms with van der Waals surface area (Å²) in [6, 6.07) is 0. The Bertz CT molecular complexity index is 344. The van der Waals surface area contributed by atoms with Gasteiger partial charge in [0.2, 0.25) is 0 Å². The Kier molecular flexibility index (Phi) is 3.14. The maximum atomic E-state index is 11.8. The van der Waals surface area contributed by atoms with Gasteiger partial charge in [0.25, 0.3) is 5.91 Å². The Balaban J connectivity index is 2.77. The third kappa shape index (κ3) is 2.05. The van der Waals surface area contributed by atoms with Gasteiger partial charge in [-0.15, -0.1) is 6.42 Å². The smallest absolute Gasteiger partial charge is 0.251 e. The Labute approximate surface area is 85.3 Å². The van der Waals surface area contributed by atoms with Crippen LogP contribution in [0.5, 0.6) is 0 Å². The van der Waals surface area contributed by atoms with Gasteiger partial charge in [-0.2, -0.15) is 0 Å². The number of hydrogen-bond acceptors (Lipinski definition) is 1. The van der Waals surface area contributed by atoms with E-state index >= 15 is 0 Å². The standard InChI is InChI=1S/C12H15NO/c1-5-6-13-8-10(4)11(12(13)14)7-9(2)3/h1H,2,6-8H2,3-4H3. The lowest BCUT2D eigenvalue weighted by atomic mass is 10.1. The molecule has 1 aliphatic rings. The molecule has 0 aromatic rings. The van der Waals surface area contributed by atoms with E-state index in [4.69, 9.17) is 6.42 Å². The zero-order chi connectivity index (χ0) is 10.7. The Hall–Kier alpha value is -1.49. The molecule has 0 aromatic heterocycles. The Morgan fingerprint density at radius 3 is 2.86 bits per heavy atom. The van der Waals surface area contributed by atoms with Crippen molar-refractivity contribution in [2.75, 3.05) is 13.1 Å². The summed E-state index contributed by atoms with van der Waals surface area (Å²) in [5.41, 5.74) is 3.00. The van der Waals surface area contributed by atoms with Crippen molar-refractivity contribution in [2.24, 2.45) is 0 Å². The molecule has 0 aromatic carbocycles. The van der Waals surface area contributed by atoms with Crippen LogP contribution in [-0.2, 0) is 4.79 Å². The number of carbonyl (C=O) groups is 1. The molecule has 2 nitrogen and oxygen atoms in total. The fraction of sp³-hybridized carbons (Fsp3) is 0.417. The molecule has 2 heteroatoms. The summed E-state index contributed by atoms with van der Waals surface area (Å²) in [4.78, 5) is 13.5. The number of nitrogens with zero attached hydrogens (tertiary/aromatic N) is 1. The minimum Gasteiger partial charge on any atom is -0.324 e. The first-order valence-corrected chi connectivity index (χ1v) is 4.62. The van der Waals surface area contributed by atoms with Crippen LogP contribution < -0.4 is 0 Å². The predicted molar refractivity (Wildman–Crippen MR) is 57.5 cm³/mol. The lowest BCUT2D eigenvalue weighted by Crippen LogP contribution is -2.27. The first kappa shape index (κ1) is 10.6. The molecule has 0 N–H and O–H groups in total. The second-order valence-corrected chi connectivity index (χ2v) is 3.76. The van der Waals surface area contributed by atoms with Crippen molar-refractivity contribution < 1.29 is 4.79 Å². The van der Waals surface area contributed by atoms with E-state index in [2.05, 4.69) is 12.5 Å². The average molecular weight is 189 g/mol. The molecule has 1 rings (SSSR count). The number of allylic oxidation sites excluding steroid dienone is 1. The molecule has 0 radical (unpaired) electrons. The predicted octanol–water partition coefficient (Wildman–Crippen LogP) is 1.74. The second-order valence-electron chi connectivity index (χ2n) is 3.76. The van der Waals surface area contributed by atoms with Gasteiger partial charge in [-0.25, -0.2) is 0 Å². The van der Waals surface area contributed by atoms with E-state index in [0.29, 0.717) is 19.5 Å². The largest absolute Gasteiger partial charge is 0.324 e. The maximum Gasteiger partial charge on any atom is 0.251 e. The highest BCUT2D eigenvalue weighted by Crippen LogP contribution is 2.23.